The van der Waals surface area contributed by atoms with E-state index in [1.807, 2.05) is 74.5 Å². The standard InChI is InChI=1S/C22H26NO5P/c1-22(2)16-27-29(25,28-17-22)20(14-13-18-9-5-3-6-10-18)23-21(24)26-15-19-11-7-4-8-12-19/h3-14,20H,15-17H2,1-2H3,(H,23,24)/b14-13+. The molecule has 1 unspecified atom stereocenters. The Bertz CT molecular complexity index is 869. The monoisotopic (exact) mass is 415 g/mol. The van der Waals surface area contributed by atoms with Crippen molar-refractivity contribution in [1.29, 1.82) is 0 Å². The summed E-state index contributed by atoms with van der Waals surface area (Å²) >= 11 is 0. The molecule has 29 heavy (non-hydrogen) atoms. The van der Waals surface area contributed by atoms with Gasteiger partial charge in [-0.25, -0.2) is 4.79 Å². The first-order valence-corrected chi connectivity index (χ1v) is 11.1. The van der Waals surface area contributed by atoms with Gasteiger partial charge in [0.15, 0.2) is 5.78 Å². The molecule has 0 aliphatic carbocycles. The highest BCUT2D eigenvalue weighted by Crippen LogP contribution is 2.57. The van der Waals surface area contributed by atoms with Gasteiger partial charge in [-0.3, -0.25) is 4.57 Å². The summed E-state index contributed by atoms with van der Waals surface area (Å²) in [7, 11) is -3.59. The topological polar surface area (TPSA) is 73.9 Å². The average molecular weight is 415 g/mol. The van der Waals surface area contributed by atoms with Crippen LogP contribution < -0.4 is 5.32 Å². The first-order chi connectivity index (χ1) is 13.9. The van der Waals surface area contributed by atoms with Crippen molar-refractivity contribution in [2.24, 2.45) is 5.41 Å². The Morgan fingerprint density at radius 2 is 1.69 bits per heavy atom. The van der Waals surface area contributed by atoms with Crippen molar-refractivity contribution < 1.29 is 23.1 Å². The van der Waals surface area contributed by atoms with E-state index in [0.29, 0.717) is 0 Å². The van der Waals surface area contributed by atoms with Crippen LogP contribution in [0.5, 0.6) is 0 Å². The molecule has 6 nitrogen and oxygen atoms in total. The summed E-state index contributed by atoms with van der Waals surface area (Å²) in [6.45, 7) is 4.60. The van der Waals surface area contributed by atoms with Gasteiger partial charge >= 0.3 is 13.7 Å². The van der Waals surface area contributed by atoms with Crippen molar-refractivity contribution in [1.82, 2.24) is 5.32 Å². The maximum atomic E-state index is 13.3. The van der Waals surface area contributed by atoms with Crippen molar-refractivity contribution in [3.8, 4) is 0 Å². The van der Waals surface area contributed by atoms with Gasteiger partial charge in [0, 0.05) is 5.41 Å². The van der Waals surface area contributed by atoms with Gasteiger partial charge < -0.3 is 19.1 Å². The summed E-state index contributed by atoms with van der Waals surface area (Å²) in [4.78, 5) is 12.4. The lowest BCUT2D eigenvalue weighted by molar-refractivity contribution is 0.0379. The molecule has 1 aliphatic heterocycles. The lowest BCUT2D eigenvalue weighted by Crippen LogP contribution is -2.39. The predicted molar refractivity (Wildman–Crippen MR) is 112 cm³/mol. The highest BCUT2D eigenvalue weighted by Gasteiger charge is 2.42. The van der Waals surface area contributed by atoms with Crippen LogP contribution in [0, 0.1) is 5.41 Å². The number of carbonyl (C=O) groups excluding carboxylic acids is 1. The lowest BCUT2D eigenvalue weighted by atomic mass is 9.97. The number of benzene rings is 2. The third kappa shape index (κ3) is 6.29. The number of hydrogen-bond donors (Lipinski definition) is 1. The van der Waals surface area contributed by atoms with Crippen LogP contribution >= 0.6 is 7.60 Å². The van der Waals surface area contributed by atoms with Gasteiger partial charge in [0.25, 0.3) is 0 Å². The highest BCUT2D eigenvalue weighted by atomic mass is 31.2. The molecule has 0 bridgehead atoms. The molecule has 1 amide bonds. The van der Waals surface area contributed by atoms with Gasteiger partial charge in [-0.15, -0.1) is 0 Å². The van der Waals surface area contributed by atoms with E-state index in [9.17, 15) is 9.36 Å². The maximum absolute atomic E-state index is 13.3. The van der Waals surface area contributed by atoms with Crippen molar-refractivity contribution in [2.45, 2.75) is 26.2 Å². The van der Waals surface area contributed by atoms with E-state index in [4.69, 9.17) is 13.8 Å². The second kappa shape index (κ2) is 9.40. The molecule has 0 radical (unpaired) electrons. The van der Waals surface area contributed by atoms with Gasteiger partial charge in [0.2, 0.25) is 0 Å². The minimum atomic E-state index is -3.59. The molecular weight excluding hydrogens is 389 g/mol. The molecule has 1 aliphatic rings. The first-order valence-electron chi connectivity index (χ1n) is 9.46. The molecule has 1 fully saturated rings. The molecule has 1 atom stereocenters. The fourth-order valence-corrected chi connectivity index (χ4v) is 4.67. The van der Waals surface area contributed by atoms with Crippen molar-refractivity contribution in [3.63, 3.8) is 0 Å². The maximum Gasteiger partial charge on any atom is 0.408 e. The van der Waals surface area contributed by atoms with E-state index in [-0.39, 0.29) is 25.2 Å². The van der Waals surface area contributed by atoms with E-state index < -0.39 is 19.5 Å². The molecule has 154 valence electrons. The van der Waals surface area contributed by atoms with Crippen LogP contribution in [0.2, 0.25) is 0 Å². The van der Waals surface area contributed by atoms with Gasteiger partial charge in [0.05, 0.1) is 13.2 Å². The number of nitrogens with one attached hydrogen (secondary N) is 1. The van der Waals surface area contributed by atoms with E-state index in [1.165, 1.54) is 0 Å². The van der Waals surface area contributed by atoms with Crippen LogP contribution in [0.25, 0.3) is 6.08 Å². The smallest absolute Gasteiger partial charge is 0.408 e. The molecule has 0 aromatic heterocycles. The number of amides is 1. The van der Waals surface area contributed by atoms with Crippen molar-refractivity contribution >= 4 is 19.8 Å². The Labute approximate surface area is 171 Å². The molecule has 0 spiro atoms. The van der Waals surface area contributed by atoms with Crippen LogP contribution in [-0.2, 0) is 25.0 Å². The van der Waals surface area contributed by atoms with Crippen molar-refractivity contribution in [2.75, 3.05) is 13.2 Å². The van der Waals surface area contributed by atoms with E-state index in [2.05, 4.69) is 5.32 Å². The molecule has 2 aromatic carbocycles. The van der Waals surface area contributed by atoms with Crippen LogP contribution in [0.4, 0.5) is 4.79 Å². The Morgan fingerprint density at radius 3 is 2.31 bits per heavy atom. The average Bonchev–Trinajstić information content (AvgIpc) is 2.73. The molecule has 7 heteroatoms. The second-order valence-corrected chi connectivity index (χ2v) is 9.82. The summed E-state index contributed by atoms with van der Waals surface area (Å²) in [5, 5.41) is 2.63. The summed E-state index contributed by atoms with van der Waals surface area (Å²) in [5.74, 6) is -0.956. The molecule has 1 N–H and O–H groups in total. The number of rotatable bonds is 6. The molecule has 1 saturated heterocycles. The summed E-state index contributed by atoms with van der Waals surface area (Å²) in [6.07, 6.45) is 2.70. The lowest BCUT2D eigenvalue weighted by Gasteiger charge is -2.36. The summed E-state index contributed by atoms with van der Waals surface area (Å²) in [5.41, 5.74) is 1.52. The van der Waals surface area contributed by atoms with Gasteiger partial charge in [-0.2, -0.15) is 0 Å². The normalized spacial score (nSPS) is 18.8. The second-order valence-electron chi connectivity index (χ2n) is 7.67. The minimum absolute atomic E-state index is 0.112. The fourth-order valence-electron chi connectivity index (χ4n) is 2.65. The van der Waals surface area contributed by atoms with Crippen molar-refractivity contribution in [3.05, 3.63) is 77.9 Å². The van der Waals surface area contributed by atoms with E-state index in [1.54, 1.807) is 12.2 Å². The summed E-state index contributed by atoms with van der Waals surface area (Å²) < 4.78 is 29.8. The van der Waals surface area contributed by atoms with Crippen LogP contribution in [0.1, 0.15) is 25.0 Å². The third-order valence-electron chi connectivity index (χ3n) is 4.36. The Kier molecular flexibility index (Phi) is 6.91. The van der Waals surface area contributed by atoms with E-state index >= 15 is 0 Å². The number of carbonyl (C=O) groups is 1. The number of alkyl carbamates (subject to hydrolysis) is 1. The van der Waals surface area contributed by atoms with Crippen LogP contribution in [0.15, 0.2) is 66.7 Å². The third-order valence-corrected chi connectivity index (χ3v) is 6.32. The largest absolute Gasteiger partial charge is 0.445 e. The zero-order valence-electron chi connectivity index (χ0n) is 16.6. The zero-order valence-corrected chi connectivity index (χ0v) is 17.5. The minimum Gasteiger partial charge on any atom is -0.445 e. The Morgan fingerprint density at radius 1 is 1.10 bits per heavy atom. The summed E-state index contributed by atoms with van der Waals surface area (Å²) in [6, 6.07) is 18.9. The van der Waals surface area contributed by atoms with E-state index in [0.717, 1.165) is 11.1 Å². The fraction of sp³-hybridized carbons (Fsp3) is 0.318. The Hall–Kier alpha value is -2.40. The Balaban J connectivity index is 1.71. The quantitative estimate of drug-likeness (QED) is 0.655. The first kappa shape index (κ1) is 21.3. The van der Waals surface area contributed by atoms with Crippen LogP contribution in [-0.4, -0.2) is 25.1 Å². The number of ether oxygens (including phenoxy) is 1. The van der Waals surface area contributed by atoms with Crippen LogP contribution in [0.3, 0.4) is 0 Å². The number of hydrogen-bond acceptors (Lipinski definition) is 5. The van der Waals surface area contributed by atoms with Gasteiger partial charge in [-0.1, -0.05) is 80.6 Å². The molecule has 2 aromatic rings. The zero-order chi connectivity index (χ0) is 20.7. The highest BCUT2D eigenvalue weighted by molar-refractivity contribution is 7.54. The van der Waals surface area contributed by atoms with Gasteiger partial charge in [-0.05, 0) is 17.2 Å². The molecule has 0 saturated carbocycles. The SMILES string of the molecule is CC1(C)COP(=O)(C(/C=C/c2ccccc2)NC(=O)OCc2ccccc2)OC1. The predicted octanol–water partition coefficient (Wildman–Crippen LogP) is 5.22. The molecule has 1 heterocycles. The molecule has 3 rings (SSSR count). The molecular formula is C22H26NO5P. The van der Waals surface area contributed by atoms with Gasteiger partial charge in [0.1, 0.15) is 6.61 Å².